The molecule has 1 aliphatic rings. The molecule has 35 heavy (non-hydrogen) atoms. The average molecular weight is 458 g/mol. The molecular weight excluding hydrogens is 422 g/mol. The van der Waals surface area contributed by atoms with Gasteiger partial charge in [0.05, 0.1) is 0 Å². The van der Waals surface area contributed by atoms with Crippen molar-refractivity contribution in [3.63, 3.8) is 0 Å². The first kappa shape index (κ1) is 22.2. The zero-order valence-corrected chi connectivity index (χ0v) is 21.8. The van der Waals surface area contributed by atoms with E-state index in [1.54, 1.807) is 0 Å². The predicted molar refractivity (Wildman–Crippen MR) is 151 cm³/mol. The summed E-state index contributed by atoms with van der Waals surface area (Å²) in [7, 11) is 0. The van der Waals surface area contributed by atoms with Crippen LogP contribution in [0.5, 0.6) is 0 Å². The van der Waals surface area contributed by atoms with E-state index in [2.05, 4.69) is 131 Å². The molecule has 1 nitrogen and oxygen atoms in total. The molecule has 4 aromatic carbocycles. The number of hydrogen-bond donors (Lipinski definition) is 0. The quantitative estimate of drug-likeness (QED) is 0.253. The van der Waals surface area contributed by atoms with Crippen molar-refractivity contribution in [2.24, 2.45) is 0 Å². The second kappa shape index (κ2) is 7.59. The molecule has 0 amide bonds. The van der Waals surface area contributed by atoms with Crippen LogP contribution in [-0.2, 0) is 17.3 Å². The number of para-hydroxylation sites is 1. The number of benzene rings is 4. The number of nitrogens with zero attached hydrogens (tertiary/aromatic N) is 1. The highest BCUT2D eigenvalue weighted by Crippen LogP contribution is 2.49. The minimum absolute atomic E-state index is 0.0300. The summed E-state index contributed by atoms with van der Waals surface area (Å²) >= 11 is 0. The van der Waals surface area contributed by atoms with Gasteiger partial charge in [0.1, 0.15) is 0 Å². The first-order valence-corrected chi connectivity index (χ1v) is 12.9. The van der Waals surface area contributed by atoms with Crippen LogP contribution >= 0.6 is 0 Å². The lowest BCUT2D eigenvalue weighted by atomic mass is 9.75. The smallest absolute Gasteiger partial charge is 0.0496 e. The van der Waals surface area contributed by atoms with E-state index in [1.807, 2.05) is 0 Å². The molecule has 0 radical (unpaired) electrons. The standard InChI is InChI=1S/C34H35N/c1-22(2)35-31-14-10-8-12-27(31)28-17-15-23(19-32(28)35)21-33(3,4)24-16-18-26-25-11-7-9-13-29(25)34(5,6)30(26)20-24/h7-20,22H,21H2,1-6H3. The Morgan fingerprint density at radius 3 is 2.20 bits per heavy atom. The van der Waals surface area contributed by atoms with E-state index in [-0.39, 0.29) is 10.8 Å². The highest BCUT2D eigenvalue weighted by atomic mass is 15.0. The average Bonchev–Trinajstić information content (AvgIpc) is 3.28. The van der Waals surface area contributed by atoms with E-state index in [0.717, 1.165) is 6.42 Å². The van der Waals surface area contributed by atoms with E-state index in [4.69, 9.17) is 0 Å². The fourth-order valence-corrected chi connectivity index (χ4v) is 6.45. The van der Waals surface area contributed by atoms with Crippen molar-refractivity contribution in [3.05, 3.63) is 107 Å². The molecule has 6 rings (SSSR count). The minimum atomic E-state index is 0.0300. The maximum atomic E-state index is 2.50. The molecule has 0 spiro atoms. The van der Waals surface area contributed by atoms with Crippen LogP contribution in [-0.4, -0.2) is 4.57 Å². The van der Waals surface area contributed by atoms with Gasteiger partial charge in [0.15, 0.2) is 0 Å². The van der Waals surface area contributed by atoms with Crippen molar-refractivity contribution < 1.29 is 0 Å². The van der Waals surface area contributed by atoms with Crippen molar-refractivity contribution in [2.45, 2.75) is 64.8 Å². The number of fused-ring (bicyclic) bond motifs is 6. The van der Waals surface area contributed by atoms with Gasteiger partial charge in [-0.1, -0.05) is 100 Å². The maximum Gasteiger partial charge on any atom is 0.0496 e. The SMILES string of the molecule is CC(C)n1c2ccccc2c2ccc(CC(C)(C)c3ccc4c(c3)C(C)(C)c3ccccc3-4)cc21. The summed E-state index contributed by atoms with van der Waals surface area (Å²) in [5.41, 5.74) is 11.2. The second-order valence-corrected chi connectivity index (χ2v) is 11.8. The molecule has 0 saturated heterocycles. The second-order valence-electron chi connectivity index (χ2n) is 11.8. The van der Waals surface area contributed by atoms with Crippen LogP contribution in [0.2, 0.25) is 0 Å². The molecule has 176 valence electrons. The molecule has 1 aromatic heterocycles. The topological polar surface area (TPSA) is 4.93 Å². The molecule has 0 saturated carbocycles. The first-order valence-electron chi connectivity index (χ1n) is 12.9. The van der Waals surface area contributed by atoms with Gasteiger partial charge in [0, 0.05) is 33.3 Å². The van der Waals surface area contributed by atoms with Gasteiger partial charge >= 0.3 is 0 Å². The van der Waals surface area contributed by atoms with Gasteiger partial charge in [0.2, 0.25) is 0 Å². The zero-order valence-electron chi connectivity index (χ0n) is 21.8. The molecule has 1 aliphatic carbocycles. The van der Waals surface area contributed by atoms with Crippen LogP contribution in [0.15, 0.2) is 84.9 Å². The Bertz CT molecular complexity index is 1590. The summed E-state index contributed by atoms with van der Waals surface area (Å²) in [4.78, 5) is 0. The Morgan fingerprint density at radius 1 is 0.714 bits per heavy atom. The van der Waals surface area contributed by atoms with Crippen molar-refractivity contribution in [3.8, 4) is 11.1 Å². The van der Waals surface area contributed by atoms with E-state index in [9.17, 15) is 0 Å². The number of rotatable bonds is 4. The Morgan fingerprint density at radius 2 is 1.40 bits per heavy atom. The molecule has 0 aliphatic heterocycles. The summed E-state index contributed by atoms with van der Waals surface area (Å²) in [5.74, 6) is 0. The van der Waals surface area contributed by atoms with Gasteiger partial charge in [-0.25, -0.2) is 0 Å². The van der Waals surface area contributed by atoms with Crippen molar-refractivity contribution in [1.82, 2.24) is 4.57 Å². The summed E-state index contributed by atoms with van der Waals surface area (Å²) < 4.78 is 2.50. The van der Waals surface area contributed by atoms with Crippen LogP contribution in [0.1, 0.15) is 69.8 Å². The summed E-state index contributed by atoms with van der Waals surface area (Å²) in [6.07, 6.45) is 1.01. The molecule has 0 fully saturated rings. The van der Waals surface area contributed by atoms with Crippen molar-refractivity contribution >= 4 is 21.8 Å². The van der Waals surface area contributed by atoms with Gasteiger partial charge in [0.25, 0.3) is 0 Å². The van der Waals surface area contributed by atoms with Crippen LogP contribution in [0, 0.1) is 0 Å². The molecule has 5 aromatic rings. The summed E-state index contributed by atoms with van der Waals surface area (Å²) in [5, 5.41) is 2.70. The van der Waals surface area contributed by atoms with Crippen LogP contribution in [0.4, 0.5) is 0 Å². The number of aromatic nitrogens is 1. The lowest BCUT2D eigenvalue weighted by Crippen LogP contribution is -2.22. The molecule has 0 atom stereocenters. The molecular formula is C34H35N. The first-order chi connectivity index (χ1) is 16.7. The van der Waals surface area contributed by atoms with Crippen molar-refractivity contribution in [1.29, 1.82) is 0 Å². The lowest BCUT2D eigenvalue weighted by Gasteiger charge is -2.28. The monoisotopic (exact) mass is 457 g/mol. The number of hydrogen-bond acceptors (Lipinski definition) is 0. The molecule has 0 N–H and O–H groups in total. The zero-order chi connectivity index (χ0) is 24.5. The Balaban J connectivity index is 1.41. The van der Waals surface area contributed by atoms with Crippen molar-refractivity contribution in [2.75, 3.05) is 0 Å². The molecule has 0 unspecified atom stereocenters. The third-order valence-electron chi connectivity index (χ3n) is 8.30. The lowest BCUT2D eigenvalue weighted by molar-refractivity contribution is 0.520. The van der Waals surface area contributed by atoms with E-state index >= 15 is 0 Å². The van der Waals surface area contributed by atoms with E-state index in [1.165, 1.54) is 55.2 Å². The third-order valence-corrected chi connectivity index (χ3v) is 8.30. The summed E-state index contributed by atoms with van der Waals surface area (Å²) in [6, 6.07) is 32.4. The fraction of sp³-hybridized carbons (Fsp3) is 0.294. The normalized spacial score (nSPS) is 14.6. The molecule has 1 heterocycles. The Hall–Kier alpha value is -3.32. The fourth-order valence-electron chi connectivity index (χ4n) is 6.45. The van der Waals surface area contributed by atoms with E-state index in [0.29, 0.717) is 6.04 Å². The third kappa shape index (κ3) is 3.28. The predicted octanol–water partition coefficient (Wildman–Crippen LogP) is 9.20. The Kier molecular flexibility index (Phi) is 4.81. The van der Waals surface area contributed by atoms with E-state index < -0.39 is 0 Å². The van der Waals surface area contributed by atoms with Gasteiger partial charge in [-0.15, -0.1) is 0 Å². The summed E-state index contributed by atoms with van der Waals surface area (Å²) in [6.45, 7) is 14.1. The Labute approximate surface area is 209 Å². The van der Waals surface area contributed by atoms with Crippen LogP contribution in [0.3, 0.4) is 0 Å². The largest absolute Gasteiger partial charge is 0.338 e. The van der Waals surface area contributed by atoms with Crippen LogP contribution < -0.4 is 0 Å². The van der Waals surface area contributed by atoms with Crippen LogP contribution in [0.25, 0.3) is 32.9 Å². The maximum absolute atomic E-state index is 2.50. The molecule has 1 heteroatoms. The highest BCUT2D eigenvalue weighted by molar-refractivity contribution is 6.08. The highest BCUT2D eigenvalue weighted by Gasteiger charge is 2.36. The van der Waals surface area contributed by atoms with Gasteiger partial charge in [-0.05, 0) is 71.2 Å². The van der Waals surface area contributed by atoms with Gasteiger partial charge < -0.3 is 4.57 Å². The van der Waals surface area contributed by atoms with Gasteiger partial charge in [-0.3, -0.25) is 0 Å². The van der Waals surface area contributed by atoms with Gasteiger partial charge in [-0.2, -0.15) is 0 Å². The molecule has 0 bridgehead atoms. The minimum Gasteiger partial charge on any atom is -0.338 e.